The molecule has 72 heavy (non-hydrogen) atoms. The van der Waals surface area contributed by atoms with Crippen molar-refractivity contribution in [3.05, 3.63) is 122 Å². The zero-order chi connectivity index (χ0) is 52.7. The van der Waals surface area contributed by atoms with E-state index in [2.05, 4.69) is 141 Å². The minimum absolute atomic E-state index is 0.00471. The average molecular weight is 1020 g/mol. The van der Waals surface area contributed by atoms with Crippen LogP contribution in [0.15, 0.2) is 122 Å². The van der Waals surface area contributed by atoms with Gasteiger partial charge in [-0.05, 0) is 89.9 Å². The maximum Gasteiger partial charge on any atom is 0.268 e. The number of aliphatic hydroxyl groups is 1. The summed E-state index contributed by atoms with van der Waals surface area (Å²) >= 11 is 0. The summed E-state index contributed by atoms with van der Waals surface area (Å²) < 4.78 is 23.3. The third-order valence-corrected chi connectivity index (χ3v) is 13.2. The van der Waals surface area contributed by atoms with Crippen molar-refractivity contribution >= 4 is 13.7 Å². The highest BCUT2D eigenvalue weighted by Crippen LogP contribution is 2.38. The van der Waals surface area contributed by atoms with Crippen LogP contribution >= 0.6 is 7.82 Å². The number of nitrogens with one attached hydrogen (secondary N) is 1. The second-order valence-corrected chi connectivity index (χ2v) is 21.7. The number of quaternary nitrogens is 1. The van der Waals surface area contributed by atoms with Crippen molar-refractivity contribution < 1.29 is 32.9 Å². The monoisotopic (exact) mass is 1020 g/mol. The van der Waals surface area contributed by atoms with Crippen molar-refractivity contribution in [1.82, 2.24) is 5.32 Å². The van der Waals surface area contributed by atoms with Crippen LogP contribution in [-0.2, 0) is 18.4 Å². The molecule has 0 aromatic rings. The van der Waals surface area contributed by atoms with Gasteiger partial charge < -0.3 is 28.8 Å². The van der Waals surface area contributed by atoms with Gasteiger partial charge in [0.2, 0.25) is 5.91 Å². The van der Waals surface area contributed by atoms with Gasteiger partial charge in [0.05, 0.1) is 39.9 Å². The lowest BCUT2D eigenvalue weighted by Gasteiger charge is -2.30. The topological polar surface area (TPSA) is 108 Å². The summed E-state index contributed by atoms with van der Waals surface area (Å²) in [6.07, 6.45) is 78.1. The molecule has 0 saturated heterocycles. The van der Waals surface area contributed by atoms with Gasteiger partial charge in [0, 0.05) is 6.42 Å². The number of amides is 1. The van der Waals surface area contributed by atoms with Crippen LogP contribution in [0.25, 0.3) is 0 Å². The van der Waals surface area contributed by atoms with Crippen LogP contribution in [0.4, 0.5) is 0 Å². The molecule has 0 fully saturated rings. The van der Waals surface area contributed by atoms with Gasteiger partial charge in [-0.15, -0.1) is 0 Å². The number of hydrogen-bond donors (Lipinski definition) is 2. The quantitative estimate of drug-likeness (QED) is 0.0272. The van der Waals surface area contributed by atoms with Gasteiger partial charge in [-0.3, -0.25) is 9.36 Å². The molecule has 0 heterocycles. The number of unbranched alkanes of at least 4 members (excludes halogenated alkanes) is 18. The predicted octanol–water partition coefficient (Wildman–Crippen LogP) is 17.1. The Hall–Kier alpha value is -3.10. The fourth-order valence-corrected chi connectivity index (χ4v) is 8.44. The SMILES string of the molecule is CC/C=C\C/C=C\C/C=C\C/C=C\C/C=C\C/C=C\C/C=C\C/C=C\C/C=C\C/C=C\CCCCCCCCCCC(=O)NC(COP(=O)([O-])OCC[N+](C)(C)C)C(O)CCCCCCCCCCCCC. The van der Waals surface area contributed by atoms with E-state index in [0.29, 0.717) is 23.9 Å². The van der Waals surface area contributed by atoms with Gasteiger partial charge in [0.1, 0.15) is 13.2 Å². The Balaban J connectivity index is 4.08. The van der Waals surface area contributed by atoms with E-state index in [1.807, 2.05) is 21.1 Å². The summed E-state index contributed by atoms with van der Waals surface area (Å²) in [7, 11) is 1.28. The Labute approximate surface area is 444 Å². The number of phosphoric acid groups is 1. The first-order valence-corrected chi connectivity index (χ1v) is 30.3. The molecule has 0 aromatic carbocycles. The number of phosphoric ester groups is 1. The van der Waals surface area contributed by atoms with E-state index in [0.717, 1.165) is 109 Å². The molecule has 3 unspecified atom stereocenters. The second kappa shape index (κ2) is 52.8. The molecule has 0 aliphatic heterocycles. The summed E-state index contributed by atoms with van der Waals surface area (Å²) in [4.78, 5) is 25.4. The normalized spacial score (nSPS) is 14.8. The summed E-state index contributed by atoms with van der Waals surface area (Å²) in [5.41, 5.74) is 0. The molecule has 0 bridgehead atoms. The van der Waals surface area contributed by atoms with E-state index in [4.69, 9.17) is 9.05 Å². The van der Waals surface area contributed by atoms with Crippen molar-refractivity contribution in [1.29, 1.82) is 0 Å². The van der Waals surface area contributed by atoms with Crippen molar-refractivity contribution in [2.24, 2.45) is 0 Å². The van der Waals surface area contributed by atoms with Gasteiger partial charge >= 0.3 is 0 Å². The molecule has 0 rings (SSSR count). The number of hydrogen-bond acceptors (Lipinski definition) is 6. The van der Waals surface area contributed by atoms with E-state index in [9.17, 15) is 19.4 Å². The Morgan fingerprint density at radius 1 is 0.500 bits per heavy atom. The number of allylic oxidation sites excluding steroid dienone is 20. The maximum atomic E-state index is 12.9. The summed E-state index contributed by atoms with van der Waals surface area (Å²) in [5, 5.41) is 13.9. The Morgan fingerprint density at radius 3 is 1.24 bits per heavy atom. The second-order valence-electron chi connectivity index (χ2n) is 20.3. The molecule has 412 valence electrons. The standard InChI is InChI=1S/C63H109N2O6P/c1-6-8-10-12-14-16-18-19-20-21-22-23-24-25-26-27-28-29-30-31-32-33-34-35-36-37-38-39-40-41-42-43-44-45-47-49-51-53-55-57-63(67)64-61(60-71-72(68,69)70-59-58-65(3,4)5)62(66)56-54-52-50-48-46-17-15-13-11-9-7-2/h8,10,14,16,19-20,22-23,25-26,28-29,31-32,34-35,37-38,40-41,61-62,66H,6-7,9,11-13,15,17-18,21,24,27,30,33,36,39,42-60H2,1-5H3,(H-,64,67,68,69)/b10-8-,16-14-,20-19-,23-22-,26-25-,29-28-,32-31-,35-34-,38-37-,41-40-. The molecule has 9 heteroatoms. The average Bonchev–Trinajstić information content (AvgIpc) is 3.34. The lowest BCUT2D eigenvalue weighted by Crippen LogP contribution is -2.46. The highest BCUT2D eigenvalue weighted by Gasteiger charge is 2.24. The van der Waals surface area contributed by atoms with Crippen molar-refractivity contribution in [2.75, 3.05) is 40.9 Å². The van der Waals surface area contributed by atoms with Crippen LogP contribution in [0.2, 0.25) is 0 Å². The third-order valence-electron chi connectivity index (χ3n) is 12.2. The van der Waals surface area contributed by atoms with Crippen LogP contribution in [0.3, 0.4) is 0 Å². The first-order valence-electron chi connectivity index (χ1n) is 28.9. The smallest absolute Gasteiger partial charge is 0.268 e. The Bertz CT molecular complexity index is 1580. The zero-order valence-corrected chi connectivity index (χ0v) is 47.7. The van der Waals surface area contributed by atoms with Crippen LogP contribution in [0.5, 0.6) is 0 Å². The molecular formula is C63H109N2O6P. The Kier molecular flexibility index (Phi) is 50.5. The number of rotatable bonds is 51. The molecular weight excluding hydrogens is 912 g/mol. The number of nitrogens with zero attached hydrogens (tertiary/aromatic N) is 1. The van der Waals surface area contributed by atoms with Crippen molar-refractivity contribution in [3.8, 4) is 0 Å². The van der Waals surface area contributed by atoms with Gasteiger partial charge in [-0.25, -0.2) is 0 Å². The van der Waals surface area contributed by atoms with E-state index < -0.39 is 20.0 Å². The zero-order valence-electron chi connectivity index (χ0n) is 46.8. The fraction of sp³-hybridized carbons (Fsp3) is 0.667. The first-order chi connectivity index (χ1) is 35.0. The molecule has 1 amide bonds. The molecule has 0 spiro atoms. The summed E-state index contributed by atoms with van der Waals surface area (Å²) in [6, 6.07) is -0.812. The van der Waals surface area contributed by atoms with Crippen molar-refractivity contribution in [2.45, 2.75) is 231 Å². The van der Waals surface area contributed by atoms with Gasteiger partial charge in [0.15, 0.2) is 0 Å². The molecule has 0 radical (unpaired) electrons. The number of likely N-dealkylation sites (N-methyl/N-ethyl adjacent to an activating group) is 1. The highest BCUT2D eigenvalue weighted by atomic mass is 31.2. The third kappa shape index (κ3) is 54.7. The molecule has 2 N–H and O–H groups in total. The number of carbonyl (C=O) groups excluding carboxylic acids is 1. The molecule has 0 aliphatic rings. The molecule has 0 aromatic heterocycles. The van der Waals surface area contributed by atoms with E-state index in [1.165, 1.54) is 83.5 Å². The van der Waals surface area contributed by atoms with E-state index >= 15 is 0 Å². The van der Waals surface area contributed by atoms with Crippen LogP contribution in [0.1, 0.15) is 219 Å². The minimum atomic E-state index is -4.58. The highest BCUT2D eigenvalue weighted by molar-refractivity contribution is 7.45. The van der Waals surface area contributed by atoms with Crippen molar-refractivity contribution in [3.63, 3.8) is 0 Å². The van der Waals surface area contributed by atoms with Crippen LogP contribution in [0, 0.1) is 0 Å². The lowest BCUT2D eigenvalue weighted by molar-refractivity contribution is -0.870. The minimum Gasteiger partial charge on any atom is -0.756 e. The Morgan fingerprint density at radius 2 is 0.847 bits per heavy atom. The van der Waals surface area contributed by atoms with Crippen LogP contribution < -0.4 is 10.2 Å². The summed E-state index contributed by atoms with van der Waals surface area (Å²) in [6.45, 7) is 4.57. The molecule has 0 saturated carbocycles. The first kappa shape index (κ1) is 68.9. The van der Waals surface area contributed by atoms with Gasteiger partial charge in [0.25, 0.3) is 7.82 Å². The van der Waals surface area contributed by atoms with E-state index in [1.54, 1.807) is 0 Å². The van der Waals surface area contributed by atoms with Gasteiger partial charge in [-0.1, -0.05) is 245 Å². The number of aliphatic hydroxyl groups excluding tert-OH is 1. The maximum absolute atomic E-state index is 12.9. The molecule has 0 aliphatic carbocycles. The molecule has 3 atom stereocenters. The van der Waals surface area contributed by atoms with E-state index in [-0.39, 0.29) is 19.1 Å². The predicted molar refractivity (Wildman–Crippen MR) is 311 cm³/mol. The number of carbonyl (C=O) groups is 1. The largest absolute Gasteiger partial charge is 0.756 e. The molecule has 8 nitrogen and oxygen atoms in total. The lowest BCUT2D eigenvalue weighted by atomic mass is 10.0. The summed E-state index contributed by atoms with van der Waals surface area (Å²) in [5.74, 6) is -0.180. The van der Waals surface area contributed by atoms with Crippen LogP contribution in [-0.4, -0.2) is 68.5 Å². The fourth-order valence-electron chi connectivity index (χ4n) is 7.71. The van der Waals surface area contributed by atoms with Gasteiger partial charge in [-0.2, -0.15) is 0 Å².